The first-order chi connectivity index (χ1) is 11.0. The molecule has 0 aromatic heterocycles. The van der Waals surface area contributed by atoms with Gasteiger partial charge in [0.15, 0.2) is 0 Å². The van der Waals surface area contributed by atoms with Crippen molar-refractivity contribution in [3.8, 4) is 0 Å². The van der Waals surface area contributed by atoms with Crippen LogP contribution in [0.4, 0.5) is 5.69 Å². The molecule has 0 saturated heterocycles. The number of carbonyl (C=O) groups is 1. The molecule has 0 spiro atoms. The van der Waals surface area contributed by atoms with Crippen LogP contribution >= 0.6 is 0 Å². The summed E-state index contributed by atoms with van der Waals surface area (Å²) in [7, 11) is 0. The Bertz CT molecular complexity index is 743. The maximum Gasteiger partial charge on any atom is 0.228 e. The second kappa shape index (κ2) is 6.04. The van der Waals surface area contributed by atoms with Gasteiger partial charge in [-0.2, -0.15) is 0 Å². The molecule has 1 heterocycles. The summed E-state index contributed by atoms with van der Waals surface area (Å²) in [6.45, 7) is 6.33. The molecule has 0 radical (unpaired) electrons. The Morgan fingerprint density at radius 3 is 2.39 bits per heavy atom. The van der Waals surface area contributed by atoms with E-state index < -0.39 is 0 Å². The standard InChI is InChI=1S/C21H23NO/c1-16-15-21(2,3)22(19-12-8-7-11-18(16)19)20(23)14-13-17-9-5-4-6-10-17/h4-12,15H,13-14H2,1-3H3. The van der Waals surface area contributed by atoms with Crippen molar-refractivity contribution in [1.29, 1.82) is 0 Å². The van der Waals surface area contributed by atoms with Crippen LogP contribution in [0.2, 0.25) is 0 Å². The predicted molar refractivity (Wildman–Crippen MR) is 96.4 cm³/mol. The molecule has 3 rings (SSSR count). The van der Waals surface area contributed by atoms with E-state index in [9.17, 15) is 4.79 Å². The zero-order valence-electron chi connectivity index (χ0n) is 14.0. The molecular weight excluding hydrogens is 282 g/mol. The number of carbonyl (C=O) groups excluding carboxylic acids is 1. The molecule has 2 aromatic carbocycles. The zero-order valence-corrected chi connectivity index (χ0v) is 14.0. The van der Waals surface area contributed by atoms with Crippen LogP contribution in [0.3, 0.4) is 0 Å². The largest absolute Gasteiger partial charge is 0.303 e. The van der Waals surface area contributed by atoms with E-state index in [-0.39, 0.29) is 11.4 Å². The van der Waals surface area contributed by atoms with E-state index in [0.717, 1.165) is 17.7 Å². The summed E-state index contributed by atoms with van der Waals surface area (Å²) in [4.78, 5) is 14.9. The van der Waals surface area contributed by atoms with Gasteiger partial charge in [0.2, 0.25) is 5.91 Å². The zero-order chi connectivity index (χ0) is 16.4. The molecule has 0 aliphatic carbocycles. The van der Waals surface area contributed by atoms with E-state index >= 15 is 0 Å². The number of rotatable bonds is 3. The van der Waals surface area contributed by atoms with Crippen molar-refractivity contribution in [3.63, 3.8) is 0 Å². The lowest BCUT2D eigenvalue weighted by atomic mass is 9.88. The highest BCUT2D eigenvalue weighted by Crippen LogP contribution is 2.39. The van der Waals surface area contributed by atoms with Gasteiger partial charge >= 0.3 is 0 Å². The highest BCUT2D eigenvalue weighted by molar-refractivity contribution is 6.00. The second-order valence-electron chi connectivity index (χ2n) is 6.71. The van der Waals surface area contributed by atoms with E-state index in [0.29, 0.717) is 6.42 Å². The van der Waals surface area contributed by atoms with Crippen LogP contribution in [0.1, 0.15) is 38.3 Å². The molecule has 1 amide bonds. The summed E-state index contributed by atoms with van der Waals surface area (Å²) in [5, 5.41) is 0. The number of anilines is 1. The van der Waals surface area contributed by atoms with Gasteiger partial charge in [-0.25, -0.2) is 0 Å². The molecule has 1 aliphatic rings. The SMILES string of the molecule is CC1=CC(C)(C)N(C(=O)CCc2ccccc2)c2ccccc21. The van der Waals surface area contributed by atoms with Crippen molar-refractivity contribution in [2.24, 2.45) is 0 Å². The van der Waals surface area contributed by atoms with Crippen molar-refractivity contribution >= 4 is 17.2 Å². The van der Waals surface area contributed by atoms with Crippen LogP contribution in [0.15, 0.2) is 60.7 Å². The number of benzene rings is 2. The van der Waals surface area contributed by atoms with Crippen molar-refractivity contribution in [2.75, 3.05) is 4.90 Å². The van der Waals surface area contributed by atoms with E-state index in [1.807, 2.05) is 41.3 Å². The fourth-order valence-electron chi connectivity index (χ4n) is 3.45. The fraction of sp³-hybridized carbons (Fsp3) is 0.286. The van der Waals surface area contributed by atoms with E-state index in [2.05, 4.69) is 45.0 Å². The number of nitrogens with zero attached hydrogens (tertiary/aromatic N) is 1. The summed E-state index contributed by atoms with van der Waals surface area (Å²) >= 11 is 0. The monoisotopic (exact) mass is 305 g/mol. The first-order valence-corrected chi connectivity index (χ1v) is 8.15. The number of amides is 1. The Kier molecular flexibility index (Phi) is 4.08. The van der Waals surface area contributed by atoms with Gasteiger partial charge in [-0.05, 0) is 44.4 Å². The topological polar surface area (TPSA) is 20.3 Å². The molecule has 0 saturated carbocycles. The lowest BCUT2D eigenvalue weighted by Crippen LogP contribution is -2.49. The summed E-state index contributed by atoms with van der Waals surface area (Å²) in [5.41, 5.74) is 4.32. The van der Waals surface area contributed by atoms with Crippen LogP contribution in [-0.2, 0) is 11.2 Å². The molecular formula is C21H23NO. The summed E-state index contributed by atoms with van der Waals surface area (Å²) in [6, 6.07) is 18.4. The van der Waals surface area contributed by atoms with Crippen molar-refractivity contribution in [2.45, 2.75) is 39.2 Å². The molecule has 2 nitrogen and oxygen atoms in total. The van der Waals surface area contributed by atoms with Gasteiger partial charge in [0.25, 0.3) is 0 Å². The van der Waals surface area contributed by atoms with Crippen molar-refractivity contribution in [3.05, 3.63) is 71.8 Å². The highest BCUT2D eigenvalue weighted by atomic mass is 16.2. The molecule has 0 bridgehead atoms. The normalized spacial score (nSPS) is 15.8. The number of aryl methyl sites for hydroxylation is 1. The molecule has 1 aliphatic heterocycles. The Balaban J connectivity index is 1.87. The van der Waals surface area contributed by atoms with E-state index in [1.54, 1.807) is 0 Å². The quantitative estimate of drug-likeness (QED) is 0.794. The Hall–Kier alpha value is -2.35. The third-order valence-electron chi connectivity index (χ3n) is 4.44. The van der Waals surface area contributed by atoms with Crippen LogP contribution in [0, 0.1) is 0 Å². The smallest absolute Gasteiger partial charge is 0.228 e. The minimum Gasteiger partial charge on any atom is -0.303 e. The summed E-state index contributed by atoms with van der Waals surface area (Å²) in [6.07, 6.45) is 3.49. The van der Waals surface area contributed by atoms with Crippen LogP contribution in [0.25, 0.3) is 5.57 Å². The molecule has 0 atom stereocenters. The number of fused-ring (bicyclic) bond motifs is 1. The molecule has 0 fully saturated rings. The fourth-order valence-corrected chi connectivity index (χ4v) is 3.45. The van der Waals surface area contributed by atoms with Gasteiger partial charge in [-0.1, -0.05) is 54.6 Å². The number of hydrogen-bond donors (Lipinski definition) is 0. The van der Waals surface area contributed by atoms with Crippen LogP contribution in [-0.4, -0.2) is 11.4 Å². The Morgan fingerprint density at radius 2 is 1.65 bits per heavy atom. The average Bonchev–Trinajstić information content (AvgIpc) is 2.53. The van der Waals surface area contributed by atoms with Crippen LogP contribution < -0.4 is 4.90 Å². The van der Waals surface area contributed by atoms with Gasteiger partial charge < -0.3 is 4.90 Å². The first-order valence-electron chi connectivity index (χ1n) is 8.15. The summed E-state index contributed by atoms with van der Waals surface area (Å²) in [5.74, 6) is 0.176. The van der Waals surface area contributed by atoms with Gasteiger partial charge in [-0.15, -0.1) is 0 Å². The maximum absolute atomic E-state index is 13.0. The lowest BCUT2D eigenvalue weighted by molar-refractivity contribution is -0.119. The van der Waals surface area contributed by atoms with E-state index in [1.165, 1.54) is 11.1 Å². The minimum atomic E-state index is -0.299. The summed E-state index contributed by atoms with van der Waals surface area (Å²) < 4.78 is 0. The molecule has 0 N–H and O–H groups in total. The predicted octanol–water partition coefficient (Wildman–Crippen LogP) is 4.85. The second-order valence-corrected chi connectivity index (χ2v) is 6.71. The Labute approximate surface area is 138 Å². The molecule has 2 heteroatoms. The number of allylic oxidation sites excluding steroid dienone is 1. The van der Waals surface area contributed by atoms with Crippen molar-refractivity contribution in [1.82, 2.24) is 0 Å². The van der Waals surface area contributed by atoms with E-state index in [4.69, 9.17) is 0 Å². The minimum absolute atomic E-state index is 0.176. The molecule has 0 unspecified atom stereocenters. The molecule has 2 aromatic rings. The van der Waals surface area contributed by atoms with Gasteiger partial charge in [0, 0.05) is 12.0 Å². The first kappa shape index (κ1) is 15.5. The van der Waals surface area contributed by atoms with Gasteiger partial charge in [0.05, 0.1) is 11.2 Å². The van der Waals surface area contributed by atoms with Crippen LogP contribution in [0.5, 0.6) is 0 Å². The number of para-hydroxylation sites is 1. The van der Waals surface area contributed by atoms with Crippen molar-refractivity contribution < 1.29 is 4.79 Å². The lowest BCUT2D eigenvalue weighted by Gasteiger charge is -2.41. The number of hydrogen-bond acceptors (Lipinski definition) is 1. The third-order valence-corrected chi connectivity index (χ3v) is 4.44. The van der Waals surface area contributed by atoms with Gasteiger partial charge in [0.1, 0.15) is 0 Å². The maximum atomic E-state index is 13.0. The molecule has 23 heavy (non-hydrogen) atoms. The average molecular weight is 305 g/mol. The van der Waals surface area contributed by atoms with Gasteiger partial charge in [-0.3, -0.25) is 4.79 Å². The molecule has 118 valence electrons. The highest BCUT2D eigenvalue weighted by Gasteiger charge is 2.35. The third kappa shape index (κ3) is 3.07. The Morgan fingerprint density at radius 1 is 1.00 bits per heavy atom.